The van der Waals surface area contributed by atoms with Gasteiger partial charge in [-0.15, -0.1) is 0 Å². The van der Waals surface area contributed by atoms with E-state index < -0.39 is 4.92 Å². The topological polar surface area (TPSA) is 114 Å². The van der Waals surface area contributed by atoms with E-state index in [0.29, 0.717) is 6.54 Å². The van der Waals surface area contributed by atoms with Crippen molar-refractivity contribution in [1.29, 1.82) is 5.26 Å². The number of nitrogens with one attached hydrogen (secondary N) is 1. The molecule has 0 radical (unpaired) electrons. The van der Waals surface area contributed by atoms with E-state index in [1.807, 2.05) is 18.2 Å². The molecule has 8 heteroatoms. The Labute approximate surface area is 132 Å². The maximum atomic E-state index is 11.2. The first-order valence-corrected chi connectivity index (χ1v) is 6.79. The number of ether oxygens (including phenoxy) is 1. The van der Waals surface area contributed by atoms with Crippen molar-refractivity contribution in [3.63, 3.8) is 0 Å². The van der Waals surface area contributed by atoms with Crippen LogP contribution in [0.4, 0.5) is 11.5 Å². The fourth-order valence-corrected chi connectivity index (χ4v) is 2.21. The molecule has 0 aromatic carbocycles. The van der Waals surface area contributed by atoms with Gasteiger partial charge in [0.15, 0.2) is 0 Å². The van der Waals surface area contributed by atoms with Crippen LogP contribution in [0.3, 0.4) is 0 Å². The number of nitriles is 1. The molecule has 2 aromatic heterocycles. The van der Waals surface area contributed by atoms with Gasteiger partial charge < -0.3 is 10.1 Å². The van der Waals surface area contributed by atoms with E-state index in [4.69, 9.17) is 4.74 Å². The van der Waals surface area contributed by atoms with Crippen molar-refractivity contribution in [3.05, 3.63) is 57.0 Å². The molecule has 1 N–H and O–H groups in total. The maximum Gasteiger partial charge on any atom is 0.297 e. The Morgan fingerprint density at radius 1 is 1.48 bits per heavy atom. The van der Waals surface area contributed by atoms with Crippen molar-refractivity contribution in [1.82, 2.24) is 9.97 Å². The highest BCUT2D eigenvalue weighted by molar-refractivity contribution is 5.64. The summed E-state index contributed by atoms with van der Waals surface area (Å²) in [6.07, 6.45) is 1.66. The second kappa shape index (κ2) is 7.29. The maximum absolute atomic E-state index is 11.2. The molecule has 0 fully saturated rings. The zero-order valence-corrected chi connectivity index (χ0v) is 12.7. The van der Waals surface area contributed by atoms with Gasteiger partial charge in [0, 0.05) is 13.3 Å². The Morgan fingerprint density at radius 2 is 2.26 bits per heavy atom. The molecule has 0 aliphatic heterocycles. The van der Waals surface area contributed by atoms with Crippen LogP contribution >= 0.6 is 0 Å². The summed E-state index contributed by atoms with van der Waals surface area (Å²) in [5.41, 5.74) is 1.13. The van der Waals surface area contributed by atoms with Crippen molar-refractivity contribution in [2.75, 3.05) is 12.4 Å². The zero-order valence-electron chi connectivity index (χ0n) is 12.7. The summed E-state index contributed by atoms with van der Waals surface area (Å²) in [6.45, 7) is 1.84. The minimum Gasteiger partial charge on any atom is -0.380 e. The van der Waals surface area contributed by atoms with E-state index >= 15 is 0 Å². The van der Waals surface area contributed by atoms with Crippen LogP contribution in [0.25, 0.3) is 0 Å². The molecule has 0 amide bonds. The van der Waals surface area contributed by atoms with E-state index in [2.05, 4.69) is 15.3 Å². The predicted octanol–water partition coefficient (Wildman–Crippen LogP) is 2.32. The molecule has 118 valence electrons. The molecule has 0 aliphatic carbocycles. The lowest BCUT2D eigenvalue weighted by Crippen LogP contribution is -2.11. The van der Waals surface area contributed by atoms with Crippen molar-refractivity contribution in [3.8, 4) is 6.07 Å². The van der Waals surface area contributed by atoms with Crippen molar-refractivity contribution < 1.29 is 9.66 Å². The summed E-state index contributed by atoms with van der Waals surface area (Å²) in [4.78, 5) is 19.0. The highest BCUT2D eigenvalue weighted by Gasteiger charge is 2.25. The second-order valence-electron chi connectivity index (χ2n) is 4.72. The first-order valence-electron chi connectivity index (χ1n) is 6.79. The van der Waals surface area contributed by atoms with Crippen LogP contribution in [0.5, 0.6) is 0 Å². The largest absolute Gasteiger partial charge is 0.380 e. The molecule has 8 nitrogen and oxygen atoms in total. The first kappa shape index (κ1) is 16.3. The smallest absolute Gasteiger partial charge is 0.297 e. The van der Waals surface area contributed by atoms with Gasteiger partial charge in [-0.1, -0.05) is 6.07 Å². The van der Waals surface area contributed by atoms with Crippen LogP contribution < -0.4 is 5.32 Å². The number of hydrogen-bond acceptors (Lipinski definition) is 7. The van der Waals surface area contributed by atoms with Crippen molar-refractivity contribution in [2.24, 2.45) is 0 Å². The van der Waals surface area contributed by atoms with E-state index in [9.17, 15) is 15.4 Å². The molecular weight excluding hydrogens is 298 g/mol. The van der Waals surface area contributed by atoms with Gasteiger partial charge in [0.1, 0.15) is 23.1 Å². The Hall–Kier alpha value is -3.05. The fourth-order valence-electron chi connectivity index (χ4n) is 2.21. The number of methoxy groups -OCH3 is 1. The van der Waals surface area contributed by atoms with Crippen LogP contribution in [-0.4, -0.2) is 22.0 Å². The predicted molar refractivity (Wildman–Crippen MR) is 82.6 cm³/mol. The van der Waals surface area contributed by atoms with Crippen molar-refractivity contribution in [2.45, 2.75) is 20.1 Å². The number of pyridine rings is 2. The molecule has 0 bridgehead atoms. The summed E-state index contributed by atoms with van der Waals surface area (Å²) in [7, 11) is 1.42. The van der Waals surface area contributed by atoms with Gasteiger partial charge in [0.25, 0.3) is 5.69 Å². The average molecular weight is 313 g/mol. The van der Waals surface area contributed by atoms with E-state index in [1.54, 1.807) is 12.3 Å². The zero-order chi connectivity index (χ0) is 16.8. The minimum atomic E-state index is -0.542. The van der Waals surface area contributed by atoms with Crippen LogP contribution in [0.1, 0.15) is 22.5 Å². The van der Waals surface area contributed by atoms with Crippen LogP contribution in [0.2, 0.25) is 0 Å². The molecule has 0 aliphatic rings. The summed E-state index contributed by atoms with van der Waals surface area (Å²) in [5.74, 6) is 0.285. The lowest BCUT2D eigenvalue weighted by Gasteiger charge is -2.12. The van der Waals surface area contributed by atoms with Crippen molar-refractivity contribution >= 4 is 11.5 Å². The standard InChI is InChI=1S/C15H15N5O3/c1-10-14(20(21)22)13(9-23-2)12(7-16)15(19-10)18-8-11-5-3-4-6-17-11/h3-6H,8-9H2,1-2H3,(H,18,19). The van der Waals surface area contributed by atoms with Gasteiger partial charge >= 0.3 is 0 Å². The monoisotopic (exact) mass is 313 g/mol. The highest BCUT2D eigenvalue weighted by atomic mass is 16.6. The lowest BCUT2D eigenvalue weighted by molar-refractivity contribution is -0.386. The molecule has 0 unspecified atom stereocenters. The van der Waals surface area contributed by atoms with Gasteiger partial charge in [-0.25, -0.2) is 4.98 Å². The Morgan fingerprint density at radius 3 is 2.83 bits per heavy atom. The average Bonchev–Trinajstić information content (AvgIpc) is 2.53. The molecule has 0 atom stereocenters. The Balaban J connectivity index is 2.43. The molecule has 0 saturated heterocycles. The summed E-state index contributed by atoms with van der Waals surface area (Å²) >= 11 is 0. The number of anilines is 1. The molecule has 2 heterocycles. The van der Waals surface area contributed by atoms with Crippen LogP contribution in [0.15, 0.2) is 24.4 Å². The molecular formula is C15H15N5O3. The highest BCUT2D eigenvalue weighted by Crippen LogP contribution is 2.30. The third-order valence-corrected chi connectivity index (χ3v) is 3.19. The lowest BCUT2D eigenvalue weighted by atomic mass is 10.1. The molecule has 0 saturated carbocycles. The van der Waals surface area contributed by atoms with Gasteiger partial charge in [-0.05, 0) is 19.1 Å². The van der Waals surface area contributed by atoms with E-state index in [0.717, 1.165) is 5.69 Å². The second-order valence-corrected chi connectivity index (χ2v) is 4.72. The summed E-state index contributed by atoms with van der Waals surface area (Å²) < 4.78 is 5.01. The Bertz CT molecular complexity index is 756. The fraction of sp³-hybridized carbons (Fsp3) is 0.267. The first-order chi connectivity index (χ1) is 11.1. The van der Waals surface area contributed by atoms with Crippen LogP contribution in [-0.2, 0) is 17.9 Å². The molecule has 0 spiro atoms. The van der Waals surface area contributed by atoms with Crippen LogP contribution in [0, 0.1) is 28.4 Å². The molecule has 2 aromatic rings. The quantitative estimate of drug-likeness (QED) is 0.643. The van der Waals surface area contributed by atoms with E-state index in [-0.39, 0.29) is 34.9 Å². The third kappa shape index (κ3) is 3.59. The molecule has 2 rings (SSSR count). The number of nitrogens with zero attached hydrogens (tertiary/aromatic N) is 4. The summed E-state index contributed by atoms with van der Waals surface area (Å²) in [6, 6.07) is 7.45. The number of nitro groups is 1. The summed E-state index contributed by atoms with van der Waals surface area (Å²) in [5, 5.41) is 23.7. The number of aryl methyl sites for hydroxylation is 1. The van der Waals surface area contributed by atoms with Gasteiger partial charge in [-0.2, -0.15) is 5.26 Å². The third-order valence-electron chi connectivity index (χ3n) is 3.19. The Kier molecular flexibility index (Phi) is 5.17. The van der Waals surface area contributed by atoms with Gasteiger partial charge in [-0.3, -0.25) is 15.1 Å². The SMILES string of the molecule is COCc1c(C#N)c(NCc2ccccn2)nc(C)c1[N+](=O)[O-]. The van der Waals surface area contributed by atoms with E-state index in [1.165, 1.54) is 14.0 Å². The van der Waals surface area contributed by atoms with Gasteiger partial charge in [0.2, 0.25) is 0 Å². The number of rotatable bonds is 6. The van der Waals surface area contributed by atoms with Gasteiger partial charge in [0.05, 0.1) is 29.3 Å². The minimum absolute atomic E-state index is 0.0408. The number of hydrogen-bond donors (Lipinski definition) is 1. The number of aromatic nitrogens is 2. The normalized spacial score (nSPS) is 10.1. The molecule has 23 heavy (non-hydrogen) atoms.